The lowest BCUT2D eigenvalue weighted by Gasteiger charge is -2.19. The van der Waals surface area contributed by atoms with Crippen LogP contribution < -0.4 is 5.56 Å². The average molecular weight is 272 g/mol. The molecule has 0 unspecified atom stereocenters. The van der Waals surface area contributed by atoms with Crippen LogP contribution >= 0.6 is 0 Å². The van der Waals surface area contributed by atoms with E-state index in [-0.39, 0.29) is 16.9 Å². The monoisotopic (exact) mass is 272 g/mol. The quantitative estimate of drug-likeness (QED) is 0.884. The summed E-state index contributed by atoms with van der Waals surface area (Å²) in [5.41, 5.74) is 3.98. The van der Waals surface area contributed by atoms with Crippen LogP contribution in [-0.4, -0.2) is 9.78 Å². The standard InChI is InChI=1S/C17H24N2O/c1-11(2)14-15(17(4,5)6)18-19(16(14)20)13-9-7-12(3)8-10-13/h7-11,18H,1-6H3. The van der Waals surface area contributed by atoms with Crippen LogP contribution in [0, 0.1) is 6.92 Å². The van der Waals surface area contributed by atoms with Crippen LogP contribution in [0.5, 0.6) is 0 Å². The topological polar surface area (TPSA) is 37.8 Å². The molecule has 0 saturated carbocycles. The van der Waals surface area contributed by atoms with E-state index in [2.05, 4.69) is 39.7 Å². The van der Waals surface area contributed by atoms with E-state index >= 15 is 0 Å². The Kier molecular flexibility index (Phi) is 3.63. The lowest BCUT2D eigenvalue weighted by Crippen LogP contribution is -2.19. The average Bonchev–Trinajstić information content (AvgIpc) is 2.68. The maximum atomic E-state index is 12.7. The minimum Gasteiger partial charge on any atom is -0.294 e. The van der Waals surface area contributed by atoms with Crippen LogP contribution in [0.3, 0.4) is 0 Å². The van der Waals surface area contributed by atoms with Crippen molar-refractivity contribution in [2.24, 2.45) is 0 Å². The fourth-order valence-corrected chi connectivity index (χ4v) is 2.43. The van der Waals surface area contributed by atoms with Crippen LogP contribution in [0.4, 0.5) is 0 Å². The Balaban J connectivity index is 2.68. The van der Waals surface area contributed by atoms with Crippen LogP contribution in [0.25, 0.3) is 5.69 Å². The van der Waals surface area contributed by atoms with Gasteiger partial charge in [-0.3, -0.25) is 9.89 Å². The summed E-state index contributed by atoms with van der Waals surface area (Å²) < 4.78 is 1.66. The summed E-state index contributed by atoms with van der Waals surface area (Å²) in [6.07, 6.45) is 0. The molecule has 3 nitrogen and oxygen atoms in total. The van der Waals surface area contributed by atoms with Crippen LogP contribution in [-0.2, 0) is 5.41 Å². The molecule has 0 atom stereocenters. The van der Waals surface area contributed by atoms with Gasteiger partial charge in [0.05, 0.1) is 5.69 Å². The fourth-order valence-electron chi connectivity index (χ4n) is 2.43. The van der Waals surface area contributed by atoms with Gasteiger partial charge in [0.1, 0.15) is 0 Å². The molecule has 1 aromatic carbocycles. The number of hydrogen-bond acceptors (Lipinski definition) is 1. The third-order valence-electron chi connectivity index (χ3n) is 3.55. The molecule has 0 amide bonds. The van der Waals surface area contributed by atoms with Crippen molar-refractivity contribution in [1.82, 2.24) is 9.78 Å². The molecule has 0 aliphatic carbocycles. The second kappa shape index (κ2) is 4.97. The zero-order chi connectivity index (χ0) is 15.1. The molecule has 0 bridgehead atoms. The Bertz CT molecular complexity index is 652. The number of hydrogen-bond donors (Lipinski definition) is 1. The Hall–Kier alpha value is -1.77. The number of H-pyrrole nitrogens is 1. The van der Waals surface area contributed by atoms with Gasteiger partial charge in [-0.2, -0.15) is 0 Å². The minimum absolute atomic E-state index is 0.0637. The van der Waals surface area contributed by atoms with E-state index in [0.29, 0.717) is 0 Å². The summed E-state index contributed by atoms with van der Waals surface area (Å²) in [5.74, 6) is 0.208. The van der Waals surface area contributed by atoms with E-state index < -0.39 is 0 Å². The Morgan fingerprint density at radius 3 is 2.05 bits per heavy atom. The maximum absolute atomic E-state index is 12.7. The third kappa shape index (κ3) is 2.58. The first-order valence-electron chi connectivity index (χ1n) is 7.14. The molecule has 1 heterocycles. The first-order chi connectivity index (χ1) is 9.21. The van der Waals surface area contributed by atoms with Crippen molar-refractivity contribution in [3.63, 3.8) is 0 Å². The number of nitrogens with zero attached hydrogens (tertiary/aromatic N) is 1. The maximum Gasteiger partial charge on any atom is 0.274 e. The van der Waals surface area contributed by atoms with Crippen molar-refractivity contribution in [2.75, 3.05) is 0 Å². The molecule has 3 heteroatoms. The largest absolute Gasteiger partial charge is 0.294 e. The summed E-state index contributed by atoms with van der Waals surface area (Å²) in [6.45, 7) is 12.6. The smallest absolute Gasteiger partial charge is 0.274 e. The van der Waals surface area contributed by atoms with Crippen molar-refractivity contribution in [3.8, 4) is 5.69 Å². The van der Waals surface area contributed by atoms with E-state index in [4.69, 9.17) is 0 Å². The fraction of sp³-hybridized carbons (Fsp3) is 0.471. The summed E-state index contributed by atoms with van der Waals surface area (Å²) in [4.78, 5) is 12.7. The van der Waals surface area contributed by atoms with Gasteiger partial charge in [-0.15, -0.1) is 0 Å². The SMILES string of the molecule is Cc1ccc(-n2[nH]c(C(C)(C)C)c(C(C)C)c2=O)cc1. The lowest BCUT2D eigenvalue weighted by molar-refractivity contribution is 0.551. The predicted molar refractivity (Wildman–Crippen MR) is 83.9 cm³/mol. The van der Waals surface area contributed by atoms with Crippen LogP contribution in [0.2, 0.25) is 0 Å². The molecule has 20 heavy (non-hydrogen) atoms. The van der Waals surface area contributed by atoms with E-state index in [1.54, 1.807) is 4.68 Å². The molecule has 1 N–H and O–H groups in total. The molecule has 0 fully saturated rings. The first kappa shape index (κ1) is 14.6. The molecule has 0 saturated heterocycles. The van der Waals surface area contributed by atoms with Gasteiger partial charge >= 0.3 is 0 Å². The molecule has 1 aromatic heterocycles. The van der Waals surface area contributed by atoms with E-state index in [1.807, 2.05) is 31.2 Å². The van der Waals surface area contributed by atoms with Crippen LogP contribution in [0.1, 0.15) is 57.4 Å². The van der Waals surface area contributed by atoms with Gasteiger partial charge in [-0.25, -0.2) is 4.68 Å². The number of aryl methyl sites for hydroxylation is 1. The zero-order valence-electron chi connectivity index (χ0n) is 13.2. The van der Waals surface area contributed by atoms with Gasteiger partial charge in [0, 0.05) is 16.7 Å². The lowest BCUT2D eigenvalue weighted by atomic mass is 9.86. The van der Waals surface area contributed by atoms with E-state index in [0.717, 1.165) is 16.9 Å². The molecule has 2 aromatic rings. The van der Waals surface area contributed by atoms with Crippen LogP contribution in [0.15, 0.2) is 29.1 Å². The molecule has 0 aliphatic heterocycles. The molecule has 0 radical (unpaired) electrons. The highest BCUT2D eigenvalue weighted by Gasteiger charge is 2.26. The van der Waals surface area contributed by atoms with Gasteiger partial charge in [0.25, 0.3) is 5.56 Å². The van der Waals surface area contributed by atoms with Gasteiger partial charge in [0.2, 0.25) is 0 Å². The summed E-state index contributed by atoms with van der Waals surface area (Å²) in [6, 6.07) is 8.00. The normalized spacial score (nSPS) is 12.2. The van der Waals surface area contributed by atoms with E-state index in [9.17, 15) is 4.79 Å². The highest BCUT2D eigenvalue weighted by molar-refractivity contribution is 5.37. The minimum atomic E-state index is -0.0747. The van der Waals surface area contributed by atoms with Gasteiger partial charge in [-0.1, -0.05) is 52.3 Å². The number of benzene rings is 1. The van der Waals surface area contributed by atoms with Crippen molar-refractivity contribution in [2.45, 2.75) is 52.9 Å². The number of aromatic nitrogens is 2. The predicted octanol–water partition coefficient (Wildman–Crippen LogP) is 3.89. The van der Waals surface area contributed by atoms with Crippen molar-refractivity contribution >= 4 is 0 Å². The second-order valence-electron chi connectivity index (χ2n) is 6.78. The van der Waals surface area contributed by atoms with E-state index in [1.165, 1.54) is 5.56 Å². The third-order valence-corrected chi connectivity index (χ3v) is 3.55. The zero-order valence-corrected chi connectivity index (χ0v) is 13.2. The van der Waals surface area contributed by atoms with Crippen molar-refractivity contribution in [3.05, 3.63) is 51.4 Å². The van der Waals surface area contributed by atoms with Crippen molar-refractivity contribution < 1.29 is 0 Å². The Morgan fingerprint density at radius 2 is 1.65 bits per heavy atom. The number of aromatic amines is 1. The van der Waals surface area contributed by atoms with Gasteiger partial charge < -0.3 is 0 Å². The van der Waals surface area contributed by atoms with Crippen molar-refractivity contribution in [1.29, 1.82) is 0 Å². The molecule has 2 rings (SSSR count). The van der Waals surface area contributed by atoms with Gasteiger partial charge in [0.15, 0.2) is 0 Å². The summed E-state index contributed by atoms with van der Waals surface area (Å²) in [5, 5.41) is 3.31. The second-order valence-corrected chi connectivity index (χ2v) is 6.78. The molecular formula is C17H24N2O. The molecule has 108 valence electrons. The Labute approximate surface area is 120 Å². The summed E-state index contributed by atoms with van der Waals surface area (Å²) in [7, 11) is 0. The summed E-state index contributed by atoms with van der Waals surface area (Å²) >= 11 is 0. The molecular weight excluding hydrogens is 248 g/mol. The van der Waals surface area contributed by atoms with Gasteiger partial charge in [-0.05, 0) is 25.0 Å². The number of rotatable bonds is 2. The number of nitrogens with one attached hydrogen (secondary N) is 1. The Morgan fingerprint density at radius 1 is 1.10 bits per heavy atom. The first-order valence-corrected chi connectivity index (χ1v) is 7.14. The highest BCUT2D eigenvalue weighted by atomic mass is 16.1. The molecule has 0 spiro atoms. The highest BCUT2D eigenvalue weighted by Crippen LogP contribution is 2.27. The molecule has 0 aliphatic rings.